The van der Waals surface area contributed by atoms with E-state index < -0.39 is 31.0 Å². The molecule has 0 spiro atoms. The Kier molecular flexibility index (Phi) is 4.69. The zero-order valence-corrected chi connectivity index (χ0v) is 13.5. The number of aryl methyl sites for hydroxylation is 1. The summed E-state index contributed by atoms with van der Waals surface area (Å²) in [6.07, 6.45) is 0. The highest BCUT2D eigenvalue weighted by Gasteiger charge is 2.47. The average Bonchev–Trinajstić information content (AvgIpc) is 2.83. The minimum Gasteiger partial charge on any atom is -0.276 e. The first-order valence-electron chi connectivity index (χ1n) is 5.59. The SMILES string of the molecule is Cn1nnnc1Sc1ccc(S(=O)(=O)C(F)(F)F)cc1C(=O)Cl. The van der Waals surface area contributed by atoms with E-state index in [4.69, 9.17) is 11.6 Å². The van der Waals surface area contributed by atoms with E-state index in [1.807, 2.05) is 0 Å². The lowest BCUT2D eigenvalue weighted by atomic mass is 10.2. The molecule has 0 fully saturated rings. The highest BCUT2D eigenvalue weighted by Crippen LogP contribution is 2.35. The van der Waals surface area contributed by atoms with Crippen LogP contribution in [0.5, 0.6) is 0 Å². The van der Waals surface area contributed by atoms with Gasteiger partial charge in [-0.1, -0.05) is 0 Å². The van der Waals surface area contributed by atoms with E-state index in [9.17, 15) is 26.4 Å². The molecule has 2 rings (SSSR count). The fourth-order valence-electron chi connectivity index (χ4n) is 1.46. The zero-order chi connectivity index (χ0) is 17.4. The second kappa shape index (κ2) is 6.09. The van der Waals surface area contributed by atoms with Crippen LogP contribution in [0.15, 0.2) is 33.1 Å². The maximum absolute atomic E-state index is 12.6. The van der Waals surface area contributed by atoms with E-state index in [0.717, 1.165) is 23.9 Å². The molecule has 13 heteroatoms. The standard InChI is InChI=1S/C10H6ClF3N4O3S2/c1-18-9(15-16-17-18)22-7-3-2-5(4-6(7)8(11)19)23(20,21)10(12,13)14/h2-4H,1H3. The molecule has 0 amide bonds. The number of halogens is 4. The lowest BCUT2D eigenvalue weighted by molar-refractivity contribution is -0.0436. The number of benzene rings is 1. The second-order valence-electron chi connectivity index (χ2n) is 4.07. The summed E-state index contributed by atoms with van der Waals surface area (Å²) in [5.41, 5.74) is -5.88. The Labute approximate surface area is 136 Å². The Morgan fingerprint density at radius 3 is 2.48 bits per heavy atom. The summed E-state index contributed by atoms with van der Waals surface area (Å²) in [5, 5.41) is 9.67. The van der Waals surface area contributed by atoms with Crippen LogP contribution in [-0.2, 0) is 16.9 Å². The van der Waals surface area contributed by atoms with Crippen molar-refractivity contribution in [2.24, 2.45) is 7.05 Å². The smallest absolute Gasteiger partial charge is 0.276 e. The van der Waals surface area contributed by atoms with Gasteiger partial charge in [-0.2, -0.15) is 13.2 Å². The van der Waals surface area contributed by atoms with Gasteiger partial charge in [-0.25, -0.2) is 13.1 Å². The lowest BCUT2D eigenvalue weighted by Crippen LogP contribution is -2.23. The number of carbonyl (C=O) groups excluding carboxylic acids is 1. The van der Waals surface area contributed by atoms with E-state index in [1.54, 1.807) is 0 Å². The summed E-state index contributed by atoms with van der Waals surface area (Å²) < 4.78 is 61.7. The number of sulfone groups is 1. The number of hydrogen-bond donors (Lipinski definition) is 0. The summed E-state index contributed by atoms with van der Waals surface area (Å²) in [4.78, 5) is 10.5. The van der Waals surface area contributed by atoms with Crippen molar-refractivity contribution in [1.82, 2.24) is 20.2 Å². The number of carbonyl (C=O) groups is 1. The largest absolute Gasteiger partial charge is 0.501 e. The van der Waals surface area contributed by atoms with Crippen LogP contribution in [0.2, 0.25) is 0 Å². The van der Waals surface area contributed by atoms with E-state index >= 15 is 0 Å². The third kappa shape index (κ3) is 3.48. The molecule has 2 aromatic rings. The fraction of sp³-hybridized carbons (Fsp3) is 0.200. The minimum absolute atomic E-state index is 0.115. The molecule has 0 saturated carbocycles. The average molecular weight is 387 g/mol. The topological polar surface area (TPSA) is 94.8 Å². The molecule has 0 saturated heterocycles. The molecule has 0 N–H and O–H groups in total. The summed E-state index contributed by atoms with van der Waals surface area (Å²) in [5.74, 6) is 0. The van der Waals surface area contributed by atoms with Crippen molar-refractivity contribution in [2.75, 3.05) is 0 Å². The van der Waals surface area contributed by atoms with E-state index in [1.165, 1.54) is 11.7 Å². The predicted molar refractivity (Wildman–Crippen MR) is 72.8 cm³/mol. The Balaban J connectivity index is 2.52. The third-order valence-electron chi connectivity index (χ3n) is 2.56. The normalized spacial score (nSPS) is 12.4. The Morgan fingerprint density at radius 1 is 1.35 bits per heavy atom. The van der Waals surface area contributed by atoms with Gasteiger partial charge in [0.05, 0.1) is 4.90 Å². The number of nitrogens with zero attached hydrogens (tertiary/aromatic N) is 4. The number of hydrogen-bond acceptors (Lipinski definition) is 7. The summed E-state index contributed by atoms with van der Waals surface area (Å²) in [6, 6.07) is 2.34. The van der Waals surface area contributed by atoms with Gasteiger partial charge in [0.15, 0.2) is 0 Å². The Hall–Kier alpha value is -1.66. The summed E-state index contributed by atoms with van der Waals surface area (Å²) in [7, 11) is -4.08. The van der Waals surface area contributed by atoms with Crippen molar-refractivity contribution in [3.05, 3.63) is 23.8 Å². The molecule has 0 atom stereocenters. The Bertz CT molecular complexity index is 866. The highest BCUT2D eigenvalue weighted by molar-refractivity contribution is 7.99. The molecule has 7 nitrogen and oxygen atoms in total. The Morgan fingerprint density at radius 2 is 2.00 bits per heavy atom. The summed E-state index contributed by atoms with van der Waals surface area (Å²) in [6.45, 7) is 0. The molecule has 0 radical (unpaired) electrons. The van der Waals surface area contributed by atoms with Crippen LogP contribution in [0.4, 0.5) is 13.2 Å². The second-order valence-corrected chi connectivity index (χ2v) is 7.36. The van der Waals surface area contributed by atoms with Gasteiger partial charge in [0.2, 0.25) is 5.16 Å². The van der Waals surface area contributed by atoms with Crippen molar-refractivity contribution in [2.45, 2.75) is 20.5 Å². The zero-order valence-electron chi connectivity index (χ0n) is 11.1. The molecule has 124 valence electrons. The maximum Gasteiger partial charge on any atom is 0.501 e. The van der Waals surface area contributed by atoms with Gasteiger partial charge >= 0.3 is 5.51 Å². The first kappa shape index (κ1) is 17.7. The van der Waals surface area contributed by atoms with Crippen LogP contribution in [0.3, 0.4) is 0 Å². The number of tetrazole rings is 1. The molecule has 23 heavy (non-hydrogen) atoms. The molecule has 1 aromatic carbocycles. The van der Waals surface area contributed by atoms with Crippen LogP contribution >= 0.6 is 23.4 Å². The van der Waals surface area contributed by atoms with Crippen LogP contribution in [0.1, 0.15) is 10.4 Å². The monoisotopic (exact) mass is 386 g/mol. The van der Waals surface area contributed by atoms with Crippen molar-refractivity contribution >= 4 is 38.4 Å². The first-order chi connectivity index (χ1) is 10.5. The van der Waals surface area contributed by atoms with E-state index in [-0.39, 0.29) is 10.1 Å². The van der Waals surface area contributed by atoms with Crippen LogP contribution in [0.25, 0.3) is 0 Å². The van der Waals surface area contributed by atoms with Gasteiger partial charge in [-0.15, -0.1) is 5.10 Å². The molecule has 1 heterocycles. The first-order valence-corrected chi connectivity index (χ1v) is 8.27. The molecule has 0 aliphatic carbocycles. The number of alkyl halides is 3. The van der Waals surface area contributed by atoms with E-state index in [0.29, 0.717) is 6.07 Å². The van der Waals surface area contributed by atoms with Gasteiger partial charge < -0.3 is 0 Å². The maximum atomic E-state index is 12.6. The fourth-order valence-corrected chi connectivity index (χ4v) is 3.30. The van der Waals surface area contributed by atoms with Crippen molar-refractivity contribution in [1.29, 1.82) is 0 Å². The molecule has 1 aromatic heterocycles. The molecule has 0 unspecified atom stereocenters. The lowest BCUT2D eigenvalue weighted by Gasteiger charge is -2.10. The quantitative estimate of drug-likeness (QED) is 0.742. The van der Waals surface area contributed by atoms with Gasteiger partial charge in [0.25, 0.3) is 15.1 Å². The van der Waals surface area contributed by atoms with Crippen molar-refractivity contribution in [3.63, 3.8) is 0 Å². The molecule has 0 aliphatic rings. The predicted octanol–water partition coefficient (Wildman–Crippen LogP) is 2.03. The molecule has 0 bridgehead atoms. The van der Waals surface area contributed by atoms with Gasteiger partial charge in [0, 0.05) is 17.5 Å². The molecule has 0 aliphatic heterocycles. The van der Waals surface area contributed by atoms with E-state index in [2.05, 4.69) is 15.5 Å². The number of aromatic nitrogens is 4. The van der Waals surface area contributed by atoms with Gasteiger partial charge in [-0.05, 0) is 52.0 Å². The molecular weight excluding hydrogens is 381 g/mol. The van der Waals surface area contributed by atoms with Crippen LogP contribution in [0, 0.1) is 0 Å². The molecular formula is C10H6ClF3N4O3S2. The summed E-state index contributed by atoms with van der Waals surface area (Å²) >= 11 is 6.19. The third-order valence-corrected chi connectivity index (χ3v) is 5.35. The highest BCUT2D eigenvalue weighted by atomic mass is 35.5. The van der Waals surface area contributed by atoms with Crippen LogP contribution in [-0.4, -0.2) is 39.4 Å². The van der Waals surface area contributed by atoms with Crippen molar-refractivity contribution < 1.29 is 26.4 Å². The van der Waals surface area contributed by atoms with Gasteiger partial charge in [-0.3, -0.25) is 4.79 Å². The van der Waals surface area contributed by atoms with Gasteiger partial charge in [0.1, 0.15) is 0 Å². The number of rotatable bonds is 4. The van der Waals surface area contributed by atoms with Crippen molar-refractivity contribution in [3.8, 4) is 0 Å². The minimum atomic E-state index is -5.59. The van der Waals surface area contributed by atoms with Crippen LogP contribution < -0.4 is 0 Å².